The molecule has 1 aromatic rings. The quantitative estimate of drug-likeness (QED) is 0.677. The lowest BCUT2D eigenvalue weighted by Crippen LogP contribution is -2.58. The summed E-state index contributed by atoms with van der Waals surface area (Å²) in [6, 6.07) is 7.00. The monoisotopic (exact) mass is 449 g/mol. The number of piperidine rings is 1. The van der Waals surface area contributed by atoms with Crippen LogP contribution in [-0.2, 0) is 20.7 Å². The lowest BCUT2D eigenvalue weighted by Gasteiger charge is -2.42. The molecule has 0 spiro atoms. The summed E-state index contributed by atoms with van der Waals surface area (Å²) in [6.07, 6.45) is 1.59. The van der Waals surface area contributed by atoms with E-state index in [9.17, 15) is 14.4 Å². The number of methoxy groups -OCH3 is 1. The molecule has 4 amide bonds. The van der Waals surface area contributed by atoms with Crippen LogP contribution in [0.25, 0.3) is 0 Å². The number of ether oxygens (including phenoxy) is 1. The first-order valence-corrected chi connectivity index (χ1v) is 11.1. The molecule has 2 aliphatic rings. The van der Waals surface area contributed by atoms with Crippen molar-refractivity contribution in [2.24, 2.45) is 11.3 Å². The van der Waals surface area contributed by atoms with Gasteiger partial charge in [0.25, 0.3) is 5.91 Å². The third-order valence-electron chi connectivity index (χ3n) is 6.27. The smallest absolute Gasteiger partial charge is 0.325 e. The minimum absolute atomic E-state index is 0.100. The number of amides is 4. The maximum atomic E-state index is 13.6. The third kappa shape index (κ3) is 4.72. The van der Waals surface area contributed by atoms with E-state index in [4.69, 9.17) is 16.3 Å². The second-order valence-corrected chi connectivity index (χ2v) is 9.84. The van der Waals surface area contributed by atoms with Gasteiger partial charge in [0.15, 0.2) is 0 Å². The van der Waals surface area contributed by atoms with Gasteiger partial charge in [-0.05, 0) is 30.4 Å². The van der Waals surface area contributed by atoms with Gasteiger partial charge in [0.05, 0.1) is 13.2 Å². The largest absolute Gasteiger partial charge is 0.383 e. The van der Waals surface area contributed by atoms with Crippen LogP contribution in [0.1, 0.15) is 39.2 Å². The zero-order valence-electron chi connectivity index (χ0n) is 18.7. The molecule has 0 saturated carbocycles. The van der Waals surface area contributed by atoms with Gasteiger partial charge in [-0.1, -0.05) is 50.6 Å². The number of nitrogens with one attached hydrogen (secondary N) is 1. The molecule has 31 heavy (non-hydrogen) atoms. The molecule has 2 aliphatic heterocycles. The second kappa shape index (κ2) is 9.17. The highest BCUT2D eigenvalue weighted by atomic mass is 35.5. The Kier molecular flexibility index (Phi) is 6.96. The van der Waals surface area contributed by atoms with E-state index < -0.39 is 17.0 Å². The maximum Gasteiger partial charge on any atom is 0.325 e. The summed E-state index contributed by atoms with van der Waals surface area (Å²) in [5.74, 6) is -0.235. The Morgan fingerprint density at radius 1 is 1.23 bits per heavy atom. The summed E-state index contributed by atoms with van der Waals surface area (Å²) in [7, 11) is 1.54. The first-order chi connectivity index (χ1) is 14.6. The molecule has 8 heteroatoms. The van der Waals surface area contributed by atoms with E-state index in [0.717, 1.165) is 5.56 Å². The Morgan fingerprint density at radius 2 is 1.87 bits per heavy atom. The van der Waals surface area contributed by atoms with E-state index in [2.05, 4.69) is 5.32 Å². The van der Waals surface area contributed by atoms with Crippen molar-refractivity contribution in [1.82, 2.24) is 15.1 Å². The van der Waals surface area contributed by atoms with Crippen molar-refractivity contribution in [3.8, 4) is 0 Å². The molecule has 7 nitrogen and oxygen atoms in total. The number of nitrogens with zero attached hydrogens (tertiary/aromatic N) is 2. The summed E-state index contributed by atoms with van der Waals surface area (Å²) in [4.78, 5) is 42.2. The summed E-state index contributed by atoms with van der Waals surface area (Å²) in [6.45, 7) is 7.34. The molecule has 3 rings (SSSR count). The van der Waals surface area contributed by atoms with Crippen molar-refractivity contribution >= 4 is 29.4 Å². The van der Waals surface area contributed by atoms with Crippen molar-refractivity contribution in [3.63, 3.8) is 0 Å². The number of likely N-dealkylation sites (tertiary alicyclic amines) is 1. The number of urea groups is 1. The van der Waals surface area contributed by atoms with Crippen LogP contribution in [-0.4, -0.2) is 66.5 Å². The van der Waals surface area contributed by atoms with Gasteiger partial charge in [0.2, 0.25) is 5.91 Å². The molecular formula is C23H32ClN3O4. The summed E-state index contributed by atoms with van der Waals surface area (Å²) in [5, 5.41) is 3.58. The molecule has 0 aliphatic carbocycles. The van der Waals surface area contributed by atoms with Gasteiger partial charge in [0.1, 0.15) is 5.54 Å². The standard InChI is InChI=1S/C23H32ClN3O4/c1-22(2,3)19(28)26-11-9-17(10-12-26)23(15-16-7-5-6-8-18(16)24)20(29)27(13-14-31-4)21(30)25-23/h5-8,17H,9-15H2,1-4H3,(H,25,30). The molecule has 2 fully saturated rings. The Morgan fingerprint density at radius 3 is 2.45 bits per heavy atom. The number of rotatable bonds is 6. The zero-order valence-corrected chi connectivity index (χ0v) is 19.5. The number of carbonyl (C=O) groups is 3. The van der Waals surface area contributed by atoms with Crippen molar-refractivity contribution in [2.75, 3.05) is 33.4 Å². The fourth-order valence-electron chi connectivity index (χ4n) is 4.56. The molecule has 2 saturated heterocycles. The maximum absolute atomic E-state index is 13.6. The van der Waals surface area contributed by atoms with Crippen LogP contribution < -0.4 is 5.32 Å². The fourth-order valence-corrected chi connectivity index (χ4v) is 4.77. The van der Waals surface area contributed by atoms with E-state index >= 15 is 0 Å². The first kappa shape index (κ1) is 23.5. The number of hydrogen-bond donors (Lipinski definition) is 1. The summed E-state index contributed by atoms with van der Waals surface area (Å²) >= 11 is 6.41. The number of imide groups is 1. The normalized spacial score (nSPS) is 22.7. The van der Waals surface area contributed by atoms with Crippen molar-refractivity contribution in [1.29, 1.82) is 0 Å². The van der Waals surface area contributed by atoms with Gasteiger partial charge in [-0.3, -0.25) is 14.5 Å². The Hall–Kier alpha value is -2.12. The molecule has 0 radical (unpaired) electrons. The molecule has 1 N–H and O–H groups in total. The highest BCUT2D eigenvalue weighted by Crippen LogP contribution is 2.38. The first-order valence-electron chi connectivity index (χ1n) is 10.8. The molecule has 0 aromatic heterocycles. The van der Waals surface area contributed by atoms with Gasteiger partial charge >= 0.3 is 6.03 Å². The molecule has 1 aromatic carbocycles. The van der Waals surface area contributed by atoms with Crippen LogP contribution in [0.2, 0.25) is 5.02 Å². The van der Waals surface area contributed by atoms with Crippen LogP contribution in [0.3, 0.4) is 0 Å². The van der Waals surface area contributed by atoms with Gasteiger partial charge in [0, 0.05) is 37.1 Å². The Labute approximate surface area is 189 Å². The highest BCUT2D eigenvalue weighted by Gasteiger charge is 2.56. The molecular weight excluding hydrogens is 418 g/mol. The molecule has 170 valence electrons. The molecule has 2 heterocycles. The number of carbonyl (C=O) groups excluding carboxylic acids is 3. The second-order valence-electron chi connectivity index (χ2n) is 9.44. The van der Waals surface area contributed by atoms with Gasteiger partial charge in [-0.2, -0.15) is 0 Å². The van der Waals surface area contributed by atoms with E-state index in [1.807, 2.05) is 43.9 Å². The fraction of sp³-hybridized carbons (Fsp3) is 0.609. The van der Waals surface area contributed by atoms with E-state index in [1.165, 1.54) is 12.0 Å². The molecule has 1 unspecified atom stereocenters. The average molecular weight is 450 g/mol. The van der Waals surface area contributed by atoms with Crippen molar-refractivity contribution in [3.05, 3.63) is 34.9 Å². The molecule has 0 bridgehead atoms. The average Bonchev–Trinajstić information content (AvgIpc) is 2.97. The van der Waals surface area contributed by atoms with Gasteiger partial charge < -0.3 is 15.0 Å². The highest BCUT2D eigenvalue weighted by molar-refractivity contribution is 6.31. The SMILES string of the molecule is COCCN1C(=O)NC(Cc2ccccc2Cl)(C2CCN(C(=O)C(C)(C)C)CC2)C1=O. The van der Waals surface area contributed by atoms with Gasteiger partial charge in [-0.15, -0.1) is 0 Å². The van der Waals surface area contributed by atoms with Crippen molar-refractivity contribution in [2.45, 2.75) is 45.6 Å². The van der Waals surface area contributed by atoms with Gasteiger partial charge in [-0.25, -0.2) is 4.79 Å². The predicted molar refractivity (Wildman–Crippen MR) is 119 cm³/mol. The predicted octanol–water partition coefficient (Wildman–Crippen LogP) is 3.10. The zero-order chi connectivity index (χ0) is 22.8. The number of halogens is 1. The van der Waals surface area contributed by atoms with E-state index in [0.29, 0.717) is 37.4 Å². The summed E-state index contributed by atoms with van der Waals surface area (Å²) < 4.78 is 5.08. The Balaban J connectivity index is 1.88. The third-order valence-corrected chi connectivity index (χ3v) is 6.64. The minimum Gasteiger partial charge on any atom is -0.383 e. The molecule has 1 atom stereocenters. The van der Waals surface area contributed by atoms with Crippen LogP contribution in [0.15, 0.2) is 24.3 Å². The topological polar surface area (TPSA) is 79.0 Å². The van der Waals surface area contributed by atoms with Crippen LogP contribution >= 0.6 is 11.6 Å². The van der Waals surface area contributed by atoms with E-state index in [-0.39, 0.29) is 30.9 Å². The van der Waals surface area contributed by atoms with Crippen LogP contribution in [0, 0.1) is 11.3 Å². The van der Waals surface area contributed by atoms with Crippen molar-refractivity contribution < 1.29 is 19.1 Å². The summed E-state index contributed by atoms with van der Waals surface area (Å²) in [5.41, 5.74) is -0.706. The lowest BCUT2D eigenvalue weighted by molar-refractivity contribution is -0.142. The number of hydrogen-bond acceptors (Lipinski definition) is 4. The lowest BCUT2D eigenvalue weighted by atomic mass is 9.73. The minimum atomic E-state index is -1.08. The number of benzene rings is 1. The Bertz CT molecular complexity index is 845. The van der Waals surface area contributed by atoms with Crippen LogP contribution in [0.4, 0.5) is 4.79 Å². The van der Waals surface area contributed by atoms with E-state index in [1.54, 1.807) is 6.07 Å². The van der Waals surface area contributed by atoms with Crippen LogP contribution in [0.5, 0.6) is 0 Å².